The maximum absolute atomic E-state index is 11.2. The van der Waals surface area contributed by atoms with E-state index < -0.39 is 0 Å². The van der Waals surface area contributed by atoms with Gasteiger partial charge in [0.2, 0.25) is 0 Å². The van der Waals surface area contributed by atoms with Crippen LogP contribution in [0.3, 0.4) is 0 Å². The molecule has 0 bridgehead atoms. The highest BCUT2D eigenvalue weighted by Gasteiger charge is 2.04. The monoisotopic (exact) mass is 312 g/mol. The van der Waals surface area contributed by atoms with Gasteiger partial charge in [-0.1, -0.05) is 28.1 Å². The molecule has 0 saturated carbocycles. The Kier molecular flexibility index (Phi) is 6.65. The minimum absolute atomic E-state index is 0.246. The molecule has 0 unspecified atom stereocenters. The average Bonchev–Trinajstić information content (AvgIpc) is 2.43. The zero-order chi connectivity index (χ0) is 13.4. The molecule has 0 atom stereocenters. The topological polar surface area (TPSA) is 43.4 Å². The number of methoxy groups -OCH3 is 1. The number of ketones is 1. The lowest BCUT2D eigenvalue weighted by atomic mass is 10.0. The second-order valence-corrected chi connectivity index (χ2v) is 4.63. The van der Waals surface area contributed by atoms with Crippen molar-refractivity contribution in [2.24, 2.45) is 0 Å². The molecular formula is C14H17BrO3. The van der Waals surface area contributed by atoms with Crippen LogP contribution in [0.1, 0.15) is 35.2 Å². The van der Waals surface area contributed by atoms with E-state index in [1.165, 1.54) is 12.7 Å². The Balaban J connectivity index is 2.35. The third-order valence-electron chi connectivity index (χ3n) is 2.70. The number of rotatable bonds is 7. The van der Waals surface area contributed by atoms with Gasteiger partial charge in [0.1, 0.15) is 5.78 Å². The van der Waals surface area contributed by atoms with Gasteiger partial charge in [0.05, 0.1) is 18.0 Å². The molecule has 1 aromatic carbocycles. The molecule has 0 aromatic heterocycles. The molecule has 0 aliphatic heterocycles. The Morgan fingerprint density at radius 1 is 1.17 bits per heavy atom. The summed E-state index contributed by atoms with van der Waals surface area (Å²) in [7, 11) is 1.37. The van der Waals surface area contributed by atoms with Gasteiger partial charge < -0.3 is 4.74 Å². The Bertz CT molecular complexity index is 398. The van der Waals surface area contributed by atoms with Crippen molar-refractivity contribution in [3.63, 3.8) is 0 Å². The SMILES string of the molecule is COC(=O)c1ccc(CCCCC(=O)CBr)cc1. The summed E-state index contributed by atoms with van der Waals surface area (Å²) in [4.78, 5) is 22.3. The predicted octanol–water partition coefficient (Wildman–Crippen LogP) is 3.15. The number of aryl methyl sites for hydroxylation is 1. The van der Waals surface area contributed by atoms with Gasteiger partial charge in [-0.15, -0.1) is 0 Å². The fourth-order valence-corrected chi connectivity index (χ4v) is 1.92. The molecular weight excluding hydrogens is 296 g/mol. The minimum Gasteiger partial charge on any atom is -0.465 e. The fourth-order valence-electron chi connectivity index (χ4n) is 1.64. The predicted molar refractivity (Wildman–Crippen MR) is 74.1 cm³/mol. The van der Waals surface area contributed by atoms with Crippen LogP contribution in [-0.4, -0.2) is 24.2 Å². The molecule has 1 aromatic rings. The summed E-state index contributed by atoms with van der Waals surface area (Å²) in [5.41, 5.74) is 1.74. The van der Waals surface area contributed by atoms with Crippen LogP contribution in [0, 0.1) is 0 Å². The van der Waals surface area contributed by atoms with E-state index in [1.807, 2.05) is 12.1 Å². The number of ether oxygens (including phenoxy) is 1. The van der Waals surface area contributed by atoms with Crippen molar-refractivity contribution in [1.29, 1.82) is 0 Å². The number of Topliss-reactive ketones (excluding diaryl/α,β-unsaturated/α-hetero) is 1. The first-order valence-electron chi connectivity index (χ1n) is 5.92. The molecule has 0 radical (unpaired) electrons. The number of unbranched alkanes of at least 4 members (excludes halogenated alkanes) is 1. The highest BCUT2D eigenvalue weighted by Crippen LogP contribution is 2.10. The molecule has 0 aliphatic rings. The van der Waals surface area contributed by atoms with Crippen molar-refractivity contribution in [2.75, 3.05) is 12.4 Å². The van der Waals surface area contributed by atoms with Crippen molar-refractivity contribution in [1.82, 2.24) is 0 Å². The molecule has 1 rings (SSSR count). The van der Waals surface area contributed by atoms with Gasteiger partial charge >= 0.3 is 5.97 Å². The first-order valence-corrected chi connectivity index (χ1v) is 7.04. The van der Waals surface area contributed by atoms with E-state index in [0.717, 1.165) is 19.3 Å². The number of halogens is 1. The van der Waals surface area contributed by atoms with E-state index in [2.05, 4.69) is 20.7 Å². The first-order chi connectivity index (χ1) is 8.67. The van der Waals surface area contributed by atoms with Gasteiger partial charge in [-0.3, -0.25) is 4.79 Å². The molecule has 0 heterocycles. The Hall–Kier alpha value is -1.16. The highest BCUT2D eigenvalue weighted by molar-refractivity contribution is 9.09. The van der Waals surface area contributed by atoms with Crippen LogP contribution in [0.2, 0.25) is 0 Å². The van der Waals surface area contributed by atoms with E-state index in [1.54, 1.807) is 12.1 Å². The van der Waals surface area contributed by atoms with Crippen molar-refractivity contribution in [3.8, 4) is 0 Å². The summed E-state index contributed by atoms with van der Waals surface area (Å²) in [6, 6.07) is 7.40. The normalized spacial score (nSPS) is 10.1. The lowest BCUT2D eigenvalue weighted by molar-refractivity contribution is -0.116. The van der Waals surface area contributed by atoms with Crippen LogP contribution in [0.15, 0.2) is 24.3 Å². The summed E-state index contributed by atoms with van der Waals surface area (Å²) in [5, 5.41) is 0.445. The summed E-state index contributed by atoms with van der Waals surface area (Å²) >= 11 is 3.15. The fraction of sp³-hybridized carbons (Fsp3) is 0.429. The van der Waals surface area contributed by atoms with Gasteiger partial charge in [0.15, 0.2) is 0 Å². The van der Waals surface area contributed by atoms with Gasteiger partial charge in [-0.25, -0.2) is 4.79 Å². The number of carbonyl (C=O) groups is 2. The lowest BCUT2D eigenvalue weighted by Gasteiger charge is -2.03. The summed E-state index contributed by atoms with van der Waals surface area (Å²) in [6.07, 6.45) is 3.45. The second kappa shape index (κ2) is 8.03. The van der Waals surface area contributed by atoms with Crippen molar-refractivity contribution < 1.29 is 14.3 Å². The Labute approximate surface area is 116 Å². The Morgan fingerprint density at radius 3 is 2.39 bits per heavy atom. The molecule has 3 nitrogen and oxygen atoms in total. The summed E-state index contributed by atoms with van der Waals surface area (Å²) in [6.45, 7) is 0. The van der Waals surface area contributed by atoms with Crippen LogP contribution in [0.4, 0.5) is 0 Å². The van der Waals surface area contributed by atoms with Crippen LogP contribution < -0.4 is 0 Å². The average molecular weight is 313 g/mol. The molecule has 0 N–H and O–H groups in total. The summed E-state index contributed by atoms with van der Waals surface area (Å²) < 4.78 is 4.63. The van der Waals surface area contributed by atoms with Crippen LogP contribution in [-0.2, 0) is 16.0 Å². The number of carbonyl (C=O) groups excluding carboxylic acids is 2. The first kappa shape index (κ1) is 14.9. The Morgan fingerprint density at radius 2 is 1.83 bits per heavy atom. The maximum Gasteiger partial charge on any atom is 0.337 e. The number of alkyl halides is 1. The van der Waals surface area contributed by atoms with Crippen molar-refractivity contribution in [3.05, 3.63) is 35.4 Å². The molecule has 18 heavy (non-hydrogen) atoms. The highest BCUT2D eigenvalue weighted by atomic mass is 79.9. The molecule has 0 spiro atoms. The van der Waals surface area contributed by atoms with Crippen molar-refractivity contribution in [2.45, 2.75) is 25.7 Å². The molecule has 4 heteroatoms. The standard InChI is InChI=1S/C14H17BrO3/c1-18-14(17)12-8-6-11(7-9-12)4-2-3-5-13(16)10-15/h6-9H,2-5,10H2,1H3. The van der Waals surface area contributed by atoms with Gasteiger partial charge in [-0.05, 0) is 37.0 Å². The van der Waals surface area contributed by atoms with Gasteiger partial charge in [-0.2, -0.15) is 0 Å². The number of benzene rings is 1. The maximum atomic E-state index is 11.2. The van der Waals surface area contributed by atoms with Crippen molar-refractivity contribution >= 4 is 27.7 Å². The summed E-state index contributed by atoms with van der Waals surface area (Å²) in [5.74, 6) is -0.0690. The number of esters is 1. The minimum atomic E-state index is -0.315. The second-order valence-electron chi connectivity index (χ2n) is 4.07. The zero-order valence-corrected chi connectivity index (χ0v) is 12.0. The largest absolute Gasteiger partial charge is 0.465 e. The van der Waals surface area contributed by atoms with E-state index in [9.17, 15) is 9.59 Å². The van der Waals surface area contributed by atoms with Crippen LogP contribution >= 0.6 is 15.9 Å². The van der Waals surface area contributed by atoms with E-state index in [0.29, 0.717) is 17.3 Å². The molecule has 0 saturated heterocycles. The third kappa shape index (κ3) is 5.00. The lowest BCUT2D eigenvalue weighted by Crippen LogP contribution is -2.01. The number of hydrogen-bond acceptors (Lipinski definition) is 3. The van der Waals surface area contributed by atoms with E-state index >= 15 is 0 Å². The van der Waals surface area contributed by atoms with Gasteiger partial charge in [0.25, 0.3) is 0 Å². The smallest absolute Gasteiger partial charge is 0.337 e. The molecule has 0 aliphatic carbocycles. The number of hydrogen-bond donors (Lipinski definition) is 0. The van der Waals surface area contributed by atoms with Crippen LogP contribution in [0.5, 0.6) is 0 Å². The van der Waals surface area contributed by atoms with Gasteiger partial charge in [0, 0.05) is 6.42 Å². The third-order valence-corrected chi connectivity index (χ3v) is 3.32. The molecule has 0 fully saturated rings. The van der Waals surface area contributed by atoms with E-state index in [4.69, 9.17) is 0 Å². The quantitative estimate of drug-likeness (QED) is 0.441. The zero-order valence-electron chi connectivity index (χ0n) is 10.4. The molecule has 98 valence electrons. The molecule has 0 amide bonds. The van der Waals surface area contributed by atoms with E-state index in [-0.39, 0.29) is 11.8 Å². The van der Waals surface area contributed by atoms with Crippen LogP contribution in [0.25, 0.3) is 0 Å².